The van der Waals surface area contributed by atoms with Gasteiger partial charge >= 0.3 is 6.03 Å². The van der Waals surface area contributed by atoms with Crippen molar-refractivity contribution in [2.24, 2.45) is 0 Å². The van der Waals surface area contributed by atoms with Gasteiger partial charge in [0.05, 0.1) is 24.9 Å². The van der Waals surface area contributed by atoms with Crippen LogP contribution in [0.1, 0.15) is 0 Å². The van der Waals surface area contributed by atoms with Crippen LogP contribution in [0.2, 0.25) is 5.02 Å². The molecule has 3 rings (SSSR count). The van der Waals surface area contributed by atoms with E-state index < -0.39 is 0 Å². The van der Waals surface area contributed by atoms with Crippen LogP contribution in [-0.2, 0) is 6.54 Å². The van der Waals surface area contributed by atoms with Crippen LogP contribution in [0.25, 0.3) is 11.3 Å². The summed E-state index contributed by atoms with van der Waals surface area (Å²) in [4.78, 5) is 13.2. The minimum Gasteiger partial charge on any atom is -0.497 e. The smallest absolute Gasteiger partial charge is 0.317 e. The second-order valence-corrected chi connectivity index (χ2v) is 5.34. The molecule has 1 aromatic heterocycles. The number of carbonyl (C=O) groups is 1. The quantitative estimate of drug-likeness (QED) is 0.908. The van der Waals surface area contributed by atoms with Gasteiger partial charge in [-0.25, -0.2) is 4.79 Å². The number of hydrogen-bond donors (Lipinski definition) is 1. The number of rotatable bonds is 5. The number of nitrogens with one attached hydrogen (secondary N) is 1. The normalized spacial score (nSPS) is 14.3. The van der Waals surface area contributed by atoms with Crippen LogP contribution >= 0.6 is 11.6 Å². The molecule has 0 atom stereocenters. The van der Waals surface area contributed by atoms with Gasteiger partial charge in [-0.3, -0.25) is 4.68 Å². The average molecular weight is 322 g/mol. The number of hydrogen-bond acceptors (Lipinski definition) is 4. The number of benzene rings is 1. The van der Waals surface area contributed by atoms with Crippen molar-refractivity contribution in [3.05, 3.63) is 29.4 Å². The molecule has 2 amide bonds. The zero-order valence-corrected chi connectivity index (χ0v) is 12.9. The molecule has 0 saturated carbocycles. The van der Waals surface area contributed by atoms with Crippen LogP contribution in [0, 0.1) is 0 Å². The zero-order valence-electron chi connectivity index (χ0n) is 12.1. The molecule has 1 N–H and O–H groups in total. The van der Waals surface area contributed by atoms with Crippen molar-refractivity contribution >= 4 is 17.6 Å². The van der Waals surface area contributed by atoms with Crippen LogP contribution in [0.15, 0.2) is 24.4 Å². The Hall–Kier alpha value is -2.28. The molecule has 1 aliphatic rings. The third-order valence-electron chi connectivity index (χ3n) is 3.54. The van der Waals surface area contributed by atoms with Gasteiger partial charge < -0.3 is 15.0 Å². The monoisotopic (exact) mass is 321 g/mol. The van der Waals surface area contributed by atoms with Crippen molar-refractivity contribution in [3.63, 3.8) is 0 Å². The standard InChI is InChI=1S/C14H16ClN5O2/c1-22-10-2-3-11(12(15)8-10)13-9-20(18-17-13)7-6-19-5-4-16-14(19)21/h2-3,8-9H,4-7H2,1H3,(H,16,21). The van der Waals surface area contributed by atoms with E-state index >= 15 is 0 Å². The first-order valence-electron chi connectivity index (χ1n) is 6.94. The lowest BCUT2D eigenvalue weighted by molar-refractivity contribution is 0.215. The molecule has 1 fully saturated rings. The lowest BCUT2D eigenvalue weighted by Gasteiger charge is -2.12. The minimum atomic E-state index is -0.0291. The van der Waals surface area contributed by atoms with Crippen molar-refractivity contribution in [2.45, 2.75) is 6.54 Å². The van der Waals surface area contributed by atoms with E-state index in [0.29, 0.717) is 36.1 Å². The van der Waals surface area contributed by atoms with E-state index in [1.54, 1.807) is 22.8 Å². The Kier molecular flexibility index (Phi) is 4.15. The summed E-state index contributed by atoms with van der Waals surface area (Å²) in [6.45, 7) is 2.62. The van der Waals surface area contributed by atoms with Gasteiger partial charge in [0.1, 0.15) is 11.4 Å². The molecule has 1 aromatic carbocycles. The summed E-state index contributed by atoms with van der Waals surface area (Å²) in [5, 5.41) is 11.5. The van der Waals surface area contributed by atoms with Gasteiger partial charge in [-0.15, -0.1) is 5.10 Å². The van der Waals surface area contributed by atoms with E-state index in [1.165, 1.54) is 0 Å². The van der Waals surface area contributed by atoms with E-state index in [-0.39, 0.29) is 6.03 Å². The summed E-state index contributed by atoms with van der Waals surface area (Å²) in [7, 11) is 1.59. The number of methoxy groups -OCH3 is 1. The van der Waals surface area contributed by atoms with Crippen LogP contribution in [0.5, 0.6) is 5.75 Å². The summed E-state index contributed by atoms with van der Waals surface area (Å²) in [6, 6.07) is 5.39. The lowest BCUT2D eigenvalue weighted by Crippen LogP contribution is -2.31. The van der Waals surface area contributed by atoms with Gasteiger partial charge in [0.25, 0.3) is 0 Å². The van der Waals surface area contributed by atoms with Gasteiger partial charge in [-0.05, 0) is 18.2 Å². The molecule has 2 aromatic rings. The molecular weight excluding hydrogens is 306 g/mol. The molecule has 0 bridgehead atoms. The molecule has 116 valence electrons. The summed E-state index contributed by atoms with van der Waals surface area (Å²) < 4.78 is 6.84. The second-order valence-electron chi connectivity index (χ2n) is 4.93. The number of urea groups is 1. The van der Waals surface area contributed by atoms with Crippen LogP contribution in [-0.4, -0.2) is 52.7 Å². The van der Waals surface area contributed by atoms with E-state index in [1.807, 2.05) is 18.3 Å². The molecule has 1 aliphatic heterocycles. The zero-order chi connectivity index (χ0) is 15.5. The lowest BCUT2D eigenvalue weighted by atomic mass is 10.1. The third-order valence-corrected chi connectivity index (χ3v) is 3.85. The highest BCUT2D eigenvalue weighted by Gasteiger charge is 2.19. The number of nitrogens with zero attached hydrogens (tertiary/aromatic N) is 4. The maximum Gasteiger partial charge on any atom is 0.317 e. The van der Waals surface area contributed by atoms with Gasteiger partial charge in [0.15, 0.2) is 0 Å². The predicted octanol–water partition coefficient (Wildman–Crippen LogP) is 1.63. The van der Waals surface area contributed by atoms with Crippen molar-refractivity contribution in [1.82, 2.24) is 25.2 Å². The molecule has 2 heterocycles. The highest BCUT2D eigenvalue weighted by atomic mass is 35.5. The molecule has 0 radical (unpaired) electrons. The van der Waals surface area contributed by atoms with E-state index in [9.17, 15) is 4.79 Å². The largest absolute Gasteiger partial charge is 0.497 e. The summed E-state index contributed by atoms with van der Waals surface area (Å²) >= 11 is 6.23. The summed E-state index contributed by atoms with van der Waals surface area (Å²) in [5.41, 5.74) is 1.49. The van der Waals surface area contributed by atoms with Crippen LogP contribution < -0.4 is 10.1 Å². The van der Waals surface area contributed by atoms with Crippen molar-refractivity contribution < 1.29 is 9.53 Å². The van der Waals surface area contributed by atoms with Gasteiger partial charge in [-0.1, -0.05) is 16.8 Å². The number of halogens is 1. The SMILES string of the molecule is COc1ccc(-c2cn(CCN3CCNC3=O)nn2)c(Cl)c1. The minimum absolute atomic E-state index is 0.0291. The molecule has 22 heavy (non-hydrogen) atoms. The maximum atomic E-state index is 11.5. The Morgan fingerprint density at radius 3 is 2.95 bits per heavy atom. The second kappa shape index (κ2) is 6.23. The highest BCUT2D eigenvalue weighted by Crippen LogP contribution is 2.29. The summed E-state index contributed by atoms with van der Waals surface area (Å²) in [6.07, 6.45) is 1.82. The van der Waals surface area contributed by atoms with Crippen LogP contribution in [0.4, 0.5) is 4.79 Å². The third kappa shape index (κ3) is 2.99. The van der Waals surface area contributed by atoms with Crippen molar-refractivity contribution in [3.8, 4) is 17.0 Å². The average Bonchev–Trinajstić information content (AvgIpc) is 3.14. The Morgan fingerprint density at radius 1 is 1.41 bits per heavy atom. The molecule has 0 aliphatic carbocycles. The van der Waals surface area contributed by atoms with E-state index in [0.717, 1.165) is 12.1 Å². The first kappa shape index (κ1) is 14.6. The van der Waals surface area contributed by atoms with E-state index in [2.05, 4.69) is 15.6 Å². The number of carbonyl (C=O) groups excluding carboxylic acids is 1. The number of aromatic nitrogens is 3. The topological polar surface area (TPSA) is 72.3 Å². The fourth-order valence-electron chi connectivity index (χ4n) is 2.31. The summed E-state index contributed by atoms with van der Waals surface area (Å²) in [5.74, 6) is 0.696. The Labute approximate surface area is 132 Å². The number of amides is 2. The van der Waals surface area contributed by atoms with Gasteiger partial charge in [0, 0.05) is 25.2 Å². The molecule has 7 nitrogen and oxygen atoms in total. The van der Waals surface area contributed by atoms with Crippen molar-refractivity contribution in [2.75, 3.05) is 26.7 Å². The first-order chi connectivity index (χ1) is 10.7. The van der Waals surface area contributed by atoms with Crippen molar-refractivity contribution in [1.29, 1.82) is 0 Å². The Balaban J connectivity index is 1.69. The molecule has 0 spiro atoms. The van der Waals surface area contributed by atoms with Gasteiger partial charge in [0.2, 0.25) is 0 Å². The predicted molar refractivity (Wildman–Crippen MR) is 82.0 cm³/mol. The molecule has 8 heteroatoms. The molecule has 0 unspecified atom stereocenters. The molecular formula is C14H16ClN5O2. The fraction of sp³-hybridized carbons (Fsp3) is 0.357. The fourth-order valence-corrected chi connectivity index (χ4v) is 2.58. The van der Waals surface area contributed by atoms with E-state index in [4.69, 9.17) is 16.3 Å². The van der Waals surface area contributed by atoms with Gasteiger partial charge in [-0.2, -0.15) is 0 Å². The maximum absolute atomic E-state index is 11.5. The highest BCUT2D eigenvalue weighted by molar-refractivity contribution is 6.33. The Bertz CT molecular complexity index is 688. The first-order valence-corrected chi connectivity index (χ1v) is 7.32. The van der Waals surface area contributed by atoms with Crippen LogP contribution in [0.3, 0.4) is 0 Å². The molecule has 1 saturated heterocycles. The number of ether oxygens (including phenoxy) is 1. The Morgan fingerprint density at radius 2 is 2.27 bits per heavy atom.